The monoisotopic (exact) mass is 528 g/mol. The van der Waals surface area contributed by atoms with Crippen LogP contribution in [0.5, 0.6) is 5.75 Å². The summed E-state index contributed by atoms with van der Waals surface area (Å²) in [4.78, 5) is 27.5. The van der Waals surface area contributed by atoms with E-state index in [1.54, 1.807) is 0 Å². The molecule has 39 heavy (non-hydrogen) atoms. The van der Waals surface area contributed by atoms with Crippen LogP contribution in [-0.2, 0) is 21.4 Å². The molecule has 1 spiro atoms. The fraction of sp³-hybridized carbons (Fsp3) is 0.515. The number of nitrogens with one attached hydrogen (secondary N) is 1. The topological polar surface area (TPSA) is 78.9 Å². The van der Waals surface area contributed by atoms with Crippen LogP contribution < -0.4 is 15.0 Å². The van der Waals surface area contributed by atoms with E-state index in [9.17, 15) is 14.7 Å². The summed E-state index contributed by atoms with van der Waals surface area (Å²) in [5.74, 6) is 0.0271. The van der Waals surface area contributed by atoms with Crippen molar-refractivity contribution in [3.05, 3.63) is 71.3 Å². The molecule has 4 atom stereocenters. The maximum Gasteiger partial charge on any atom is 0.311 e. The van der Waals surface area contributed by atoms with Gasteiger partial charge in [-0.05, 0) is 92.0 Å². The standard InChI is InChI=1S/C33H40N2O4/c36-31-19-27(32(37)38)25-14-15-30-29(18-25)35(20-26-13-12-23(26)8-3-1-2-6-17-34-31)21-33(22-39-30)16-7-10-24-9-4-5-11-28(24)33/h1,3-5,9,11,14-15,18,23,26-27H,2,6-8,10,12-13,16-17,19-22H2,(H,34,36)(H,37,38). The number of hydrogen-bond donors (Lipinski definition) is 2. The van der Waals surface area contributed by atoms with Crippen LogP contribution in [0.1, 0.15) is 74.0 Å². The Labute approximate surface area is 231 Å². The summed E-state index contributed by atoms with van der Waals surface area (Å²) in [6.45, 7) is 2.99. The second kappa shape index (κ2) is 11.1. The molecule has 1 fully saturated rings. The van der Waals surface area contributed by atoms with Gasteiger partial charge in [0.2, 0.25) is 5.91 Å². The largest absolute Gasteiger partial charge is 0.490 e. The number of fused-ring (bicyclic) bond motifs is 4. The minimum Gasteiger partial charge on any atom is -0.490 e. The second-order valence-corrected chi connectivity index (χ2v) is 12.1. The highest BCUT2D eigenvalue weighted by atomic mass is 16.5. The lowest BCUT2D eigenvalue weighted by Crippen LogP contribution is -2.48. The first kappa shape index (κ1) is 26.0. The fourth-order valence-corrected chi connectivity index (χ4v) is 7.23. The molecule has 0 radical (unpaired) electrons. The Bertz CT molecular complexity index is 1260. The molecule has 2 heterocycles. The van der Waals surface area contributed by atoms with Crippen molar-refractivity contribution in [2.24, 2.45) is 11.8 Å². The zero-order valence-electron chi connectivity index (χ0n) is 22.7. The van der Waals surface area contributed by atoms with E-state index in [1.807, 2.05) is 18.2 Å². The van der Waals surface area contributed by atoms with Crippen LogP contribution in [0.15, 0.2) is 54.6 Å². The SMILES string of the molecule is O=C1CC(C(=O)O)c2ccc3c(c2)N(CC2CCC2CC=CCCCN1)CC1(CCCc2ccccc21)CO3. The van der Waals surface area contributed by atoms with Gasteiger partial charge in [0.15, 0.2) is 0 Å². The summed E-state index contributed by atoms with van der Waals surface area (Å²) in [5.41, 5.74) is 4.37. The molecule has 0 saturated heterocycles. The number of aryl methyl sites for hydroxylation is 1. The van der Waals surface area contributed by atoms with Gasteiger partial charge in [0.1, 0.15) is 5.75 Å². The van der Waals surface area contributed by atoms with Crippen LogP contribution in [0.4, 0.5) is 5.69 Å². The third-order valence-electron chi connectivity index (χ3n) is 9.61. The van der Waals surface area contributed by atoms with Gasteiger partial charge >= 0.3 is 5.97 Å². The minimum atomic E-state index is -0.969. The Hall–Kier alpha value is -3.28. The fourth-order valence-electron chi connectivity index (χ4n) is 7.23. The van der Waals surface area contributed by atoms with Crippen LogP contribution in [-0.4, -0.2) is 43.2 Å². The normalized spacial score (nSPS) is 29.1. The molecule has 2 aliphatic carbocycles. The molecule has 1 saturated carbocycles. The highest BCUT2D eigenvalue weighted by Crippen LogP contribution is 2.46. The maximum absolute atomic E-state index is 12.7. The van der Waals surface area contributed by atoms with Crippen molar-refractivity contribution < 1.29 is 19.4 Å². The highest BCUT2D eigenvalue weighted by molar-refractivity contribution is 5.86. The first-order valence-electron chi connectivity index (χ1n) is 14.8. The number of carbonyl (C=O) groups is 2. The van der Waals surface area contributed by atoms with Crippen molar-refractivity contribution in [1.82, 2.24) is 5.32 Å². The lowest BCUT2D eigenvalue weighted by atomic mass is 9.69. The Kier molecular flexibility index (Phi) is 7.37. The minimum absolute atomic E-state index is 0.0627. The van der Waals surface area contributed by atoms with Crippen molar-refractivity contribution in [3.8, 4) is 5.75 Å². The molecular weight excluding hydrogens is 488 g/mol. The summed E-state index contributed by atoms with van der Waals surface area (Å²) in [5, 5.41) is 13.0. The van der Waals surface area contributed by atoms with E-state index in [0.717, 1.165) is 63.1 Å². The number of aliphatic carboxylic acids is 1. The number of anilines is 1. The van der Waals surface area contributed by atoms with E-state index in [-0.39, 0.29) is 17.7 Å². The van der Waals surface area contributed by atoms with Gasteiger partial charge in [0, 0.05) is 31.5 Å². The maximum atomic E-state index is 12.7. The van der Waals surface area contributed by atoms with E-state index >= 15 is 0 Å². The zero-order valence-corrected chi connectivity index (χ0v) is 22.7. The van der Waals surface area contributed by atoms with E-state index in [4.69, 9.17) is 4.74 Å². The lowest BCUT2D eigenvalue weighted by molar-refractivity contribution is -0.140. The predicted molar refractivity (Wildman–Crippen MR) is 152 cm³/mol. The van der Waals surface area contributed by atoms with Crippen molar-refractivity contribution >= 4 is 17.6 Å². The molecule has 2 aliphatic heterocycles. The predicted octanol–water partition coefficient (Wildman–Crippen LogP) is 5.60. The average Bonchev–Trinajstić information content (AvgIpc) is 3.08. The van der Waals surface area contributed by atoms with E-state index in [2.05, 4.69) is 46.6 Å². The first-order chi connectivity index (χ1) is 19.0. The average molecular weight is 529 g/mol. The molecule has 2 bridgehead atoms. The Morgan fingerprint density at radius 3 is 2.79 bits per heavy atom. The van der Waals surface area contributed by atoms with Crippen molar-refractivity contribution in [2.45, 2.75) is 69.1 Å². The van der Waals surface area contributed by atoms with E-state index in [1.165, 1.54) is 24.0 Å². The quantitative estimate of drug-likeness (QED) is 0.471. The smallest absolute Gasteiger partial charge is 0.311 e. The molecule has 1 amide bonds. The number of carboxylic acid groups (broad SMARTS) is 1. The first-order valence-corrected chi connectivity index (χ1v) is 14.8. The summed E-state index contributed by atoms with van der Waals surface area (Å²) in [7, 11) is 0. The molecule has 6 nitrogen and oxygen atoms in total. The van der Waals surface area contributed by atoms with Gasteiger partial charge in [-0.1, -0.05) is 42.5 Å². The Morgan fingerprint density at radius 2 is 1.95 bits per heavy atom. The Balaban J connectivity index is 1.40. The van der Waals surface area contributed by atoms with Gasteiger partial charge < -0.3 is 20.1 Å². The number of allylic oxidation sites excluding steroid dienone is 2. The summed E-state index contributed by atoms with van der Waals surface area (Å²) < 4.78 is 6.60. The van der Waals surface area contributed by atoms with Crippen LogP contribution in [0.3, 0.4) is 0 Å². The Morgan fingerprint density at radius 1 is 1.08 bits per heavy atom. The van der Waals surface area contributed by atoms with Crippen LogP contribution >= 0.6 is 0 Å². The molecule has 4 unspecified atom stereocenters. The van der Waals surface area contributed by atoms with Crippen LogP contribution in [0.25, 0.3) is 0 Å². The summed E-state index contributed by atoms with van der Waals surface area (Å²) in [6.07, 6.45) is 13.2. The van der Waals surface area contributed by atoms with Crippen molar-refractivity contribution in [2.75, 3.05) is 31.1 Å². The molecule has 6 rings (SSSR count). The molecular formula is C33H40N2O4. The van der Waals surface area contributed by atoms with Crippen molar-refractivity contribution in [1.29, 1.82) is 0 Å². The van der Waals surface area contributed by atoms with Gasteiger partial charge in [-0.15, -0.1) is 0 Å². The molecule has 0 aromatic heterocycles. The van der Waals surface area contributed by atoms with Gasteiger partial charge in [-0.2, -0.15) is 0 Å². The van der Waals surface area contributed by atoms with Gasteiger partial charge in [0.05, 0.1) is 18.2 Å². The lowest BCUT2D eigenvalue weighted by Gasteiger charge is -2.44. The van der Waals surface area contributed by atoms with Crippen LogP contribution in [0, 0.1) is 11.8 Å². The molecule has 206 valence electrons. The number of nitrogens with zero attached hydrogens (tertiary/aromatic N) is 1. The molecule has 4 aliphatic rings. The highest BCUT2D eigenvalue weighted by Gasteiger charge is 2.43. The number of carbonyl (C=O) groups excluding carboxylic acids is 1. The molecule has 2 N–H and O–H groups in total. The molecule has 2 aromatic carbocycles. The van der Waals surface area contributed by atoms with Crippen molar-refractivity contribution in [3.63, 3.8) is 0 Å². The van der Waals surface area contributed by atoms with E-state index < -0.39 is 11.9 Å². The summed E-state index contributed by atoms with van der Waals surface area (Å²) in [6, 6.07) is 14.6. The summed E-state index contributed by atoms with van der Waals surface area (Å²) >= 11 is 0. The molecule has 6 heteroatoms. The van der Waals surface area contributed by atoms with Gasteiger partial charge in [-0.25, -0.2) is 0 Å². The third kappa shape index (κ3) is 5.30. The number of benzene rings is 2. The number of rotatable bonds is 1. The number of carboxylic acids is 1. The second-order valence-electron chi connectivity index (χ2n) is 12.1. The number of amides is 1. The van der Waals surface area contributed by atoms with Crippen LogP contribution in [0.2, 0.25) is 0 Å². The van der Waals surface area contributed by atoms with E-state index in [0.29, 0.717) is 30.6 Å². The molecule has 2 aromatic rings. The number of hydrogen-bond acceptors (Lipinski definition) is 4. The third-order valence-corrected chi connectivity index (χ3v) is 9.61. The van der Waals surface area contributed by atoms with Gasteiger partial charge in [0.25, 0.3) is 0 Å². The zero-order chi connectivity index (χ0) is 26.8. The number of ether oxygens (including phenoxy) is 1. The van der Waals surface area contributed by atoms with Gasteiger partial charge in [-0.3, -0.25) is 9.59 Å².